The van der Waals surface area contributed by atoms with Crippen molar-refractivity contribution >= 4 is 17.4 Å². The standard InChI is InChI=1S/C17H22N2O2S/c1-2-15(16-4-3-11-22-16)19-17(21)18-10-9-13-5-7-14(12-20)8-6-13/h3-8,11,15,20H,2,9-10,12H2,1H3,(H2,18,19,21). The molecule has 5 heteroatoms. The highest BCUT2D eigenvalue weighted by Crippen LogP contribution is 2.21. The predicted octanol–water partition coefficient (Wildman–Crippen LogP) is 3.23. The van der Waals surface area contributed by atoms with Gasteiger partial charge in [0.05, 0.1) is 12.6 Å². The molecule has 118 valence electrons. The van der Waals surface area contributed by atoms with Crippen LogP contribution < -0.4 is 10.6 Å². The molecule has 1 unspecified atom stereocenters. The molecule has 1 atom stereocenters. The number of thiophene rings is 1. The minimum Gasteiger partial charge on any atom is -0.392 e. The van der Waals surface area contributed by atoms with E-state index in [4.69, 9.17) is 5.11 Å². The summed E-state index contributed by atoms with van der Waals surface area (Å²) in [5.41, 5.74) is 2.04. The molecule has 0 spiro atoms. The Morgan fingerprint density at radius 3 is 2.55 bits per heavy atom. The fourth-order valence-corrected chi connectivity index (χ4v) is 3.07. The Bertz CT molecular complexity index is 567. The van der Waals surface area contributed by atoms with E-state index in [0.29, 0.717) is 6.54 Å². The molecule has 0 bridgehead atoms. The van der Waals surface area contributed by atoms with Crippen LogP contribution in [-0.4, -0.2) is 17.7 Å². The zero-order valence-corrected chi connectivity index (χ0v) is 13.5. The van der Waals surface area contributed by atoms with Crippen molar-refractivity contribution in [3.8, 4) is 0 Å². The Morgan fingerprint density at radius 1 is 1.23 bits per heavy atom. The average Bonchev–Trinajstić information content (AvgIpc) is 3.07. The van der Waals surface area contributed by atoms with E-state index in [-0.39, 0.29) is 18.7 Å². The van der Waals surface area contributed by atoms with Crippen molar-refractivity contribution in [3.63, 3.8) is 0 Å². The van der Waals surface area contributed by atoms with E-state index in [1.807, 2.05) is 41.8 Å². The van der Waals surface area contributed by atoms with Crippen molar-refractivity contribution in [2.24, 2.45) is 0 Å². The first kappa shape index (κ1) is 16.5. The number of aliphatic hydroxyl groups excluding tert-OH is 1. The summed E-state index contributed by atoms with van der Waals surface area (Å²) in [5.74, 6) is 0. The second-order valence-electron chi connectivity index (χ2n) is 5.10. The third kappa shape index (κ3) is 4.86. The number of urea groups is 1. The van der Waals surface area contributed by atoms with E-state index >= 15 is 0 Å². The molecule has 1 aromatic heterocycles. The number of hydrogen-bond acceptors (Lipinski definition) is 3. The summed E-state index contributed by atoms with van der Waals surface area (Å²) in [5, 5.41) is 16.9. The Kier molecular flexibility index (Phi) is 6.43. The molecule has 0 aliphatic rings. The van der Waals surface area contributed by atoms with Crippen LogP contribution in [0, 0.1) is 0 Å². The van der Waals surface area contributed by atoms with Gasteiger partial charge in [-0.1, -0.05) is 37.3 Å². The number of amides is 2. The van der Waals surface area contributed by atoms with Crippen molar-refractivity contribution in [2.45, 2.75) is 32.4 Å². The Balaban J connectivity index is 1.75. The van der Waals surface area contributed by atoms with Crippen LogP contribution in [-0.2, 0) is 13.0 Å². The molecule has 22 heavy (non-hydrogen) atoms. The summed E-state index contributed by atoms with van der Waals surface area (Å²) in [7, 11) is 0. The van der Waals surface area contributed by atoms with Gasteiger partial charge in [-0.25, -0.2) is 4.79 Å². The maximum atomic E-state index is 11.9. The van der Waals surface area contributed by atoms with Crippen LogP contribution in [0.5, 0.6) is 0 Å². The molecular formula is C17H22N2O2S. The molecule has 1 heterocycles. The second kappa shape index (κ2) is 8.56. The highest BCUT2D eigenvalue weighted by molar-refractivity contribution is 7.10. The van der Waals surface area contributed by atoms with Crippen LogP contribution in [0.2, 0.25) is 0 Å². The molecule has 0 aliphatic carbocycles. The Morgan fingerprint density at radius 2 is 1.95 bits per heavy atom. The number of carbonyl (C=O) groups excluding carboxylic acids is 1. The molecule has 2 amide bonds. The summed E-state index contributed by atoms with van der Waals surface area (Å²) in [6.45, 7) is 2.71. The van der Waals surface area contributed by atoms with Crippen molar-refractivity contribution in [3.05, 3.63) is 57.8 Å². The zero-order valence-electron chi connectivity index (χ0n) is 12.7. The highest BCUT2D eigenvalue weighted by Gasteiger charge is 2.12. The summed E-state index contributed by atoms with van der Waals surface area (Å²) >= 11 is 1.66. The smallest absolute Gasteiger partial charge is 0.315 e. The van der Waals surface area contributed by atoms with E-state index in [1.54, 1.807) is 11.3 Å². The maximum Gasteiger partial charge on any atom is 0.315 e. The molecule has 0 fully saturated rings. The van der Waals surface area contributed by atoms with Gasteiger partial charge in [0, 0.05) is 11.4 Å². The molecule has 1 aromatic carbocycles. The lowest BCUT2D eigenvalue weighted by Crippen LogP contribution is -2.38. The van der Waals surface area contributed by atoms with E-state index in [2.05, 4.69) is 17.6 Å². The highest BCUT2D eigenvalue weighted by atomic mass is 32.1. The van der Waals surface area contributed by atoms with Crippen molar-refractivity contribution in [2.75, 3.05) is 6.54 Å². The fraction of sp³-hybridized carbons (Fsp3) is 0.353. The Labute approximate surface area is 135 Å². The number of carbonyl (C=O) groups is 1. The van der Waals surface area contributed by atoms with Gasteiger partial charge < -0.3 is 15.7 Å². The van der Waals surface area contributed by atoms with Crippen molar-refractivity contribution in [1.29, 1.82) is 0 Å². The van der Waals surface area contributed by atoms with Gasteiger partial charge in [0.25, 0.3) is 0 Å². The second-order valence-corrected chi connectivity index (χ2v) is 6.08. The van der Waals surface area contributed by atoms with E-state index < -0.39 is 0 Å². The third-order valence-corrected chi connectivity index (χ3v) is 4.49. The monoisotopic (exact) mass is 318 g/mol. The molecule has 2 rings (SSSR count). The summed E-state index contributed by atoms with van der Waals surface area (Å²) < 4.78 is 0. The normalized spacial score (nSPS) is 11.9. The van der Waals surface area contributed by atoms with Crippen molar-refractivity contribution < 1.29 is 9.90 Å². The van der Waals surface area contributed by atoms with Crippen LogP contribution in [0.4, 0.5) is 4.79 Å². The van der Waals surface area contributed by atoms with E-state index in [1.165, 1.54) is 4.88 Å². The van der Waals surface area contributed by atoms with Gasteiger partial charge in [0.2, 0.25) is 0 Å². The summed E-state index contributed by atoms with van der Waals surface area (Å²) in [4.78, 5) is 13.1. The van der Waals surface area contributed by atoms with Crippen LogP contribution >= 0.6 is 11.3 Å². The van der Waals surface area contributed by atoms with Gasteiger partial charge in [0.1, 0.15) is 0 Å². The lowest BCUT2D eigenvalue weighted by atomic mass is 10.1. The maximum absolute atomic E-state index is 11.9. The average molecular weight is 318 g/mol. The summed E-state index contributed by atoms with van der Waals surface area (Å²) in [6.07, 6.45) is 1.64. The molecule has 3 N–H and O–H groups in total. The molecule has 4 nitrogen and oxygen atoms in total. The lowest BCUT2D eigenvalue weighted by Gasteiger charge is -2.16. The number of hydrogen-bond donors (Lipinski definition) is 3. The minimum atomic E-state index is -0.132. The predicted molar refractivity (Wildman–Crippen MR) is 90.0 cm³/mol. The molecule has 0 radical (unpaired) electrons. The van der Waals surface area contributed by atoms with E-state index in [0.717, 1.165) is 24.0 Å². The quantitative estimate of drug-likeness (QED) is 0.734. The SMILES string of the molecule is CCC(NC(=O)NCCc1ccc(CO)cc1)c1cccs1. The van der Waals surface area contributed by atoms with Gasteiger partial charge in [-0.3, -0.25) is 0 Å². The van der Waals surface area contributed by atoms with Gasteiger partial charge in [0.15, 0.2) is 0 Å². The molecule has 0 saturated carbocycles. The first-order valence-electron chi connectivity index (χ1n) is 7.49. The van der Waals surface area contributed by atoms with Gasteiger partial charge in [-0.05, 0) is 35.4 Å². The minimum absolute atomic E-state index is 0.0576. The molecular weight excluding hydrogens is 296 g/mol. The van der Waals surface area contributed by atoms with Crippen molar-refractivity contribution in [1.82, 2.24) is 10.6 Å². The number of benzene rings is 1. The van der Waals surface area contributed by atoms with Crippen LogP contribution in [0.15, 0.2) is 41.8 Å². The zero-order chi connectivity index (χ0) is 15.8. The first-order valence-corrected chi connectivity index (χ1v) is 8.37. The number of rotatable bonds is 7. The van der Waals surface area contributed by atoms with Gasteiger partial charge in [-0.15, -0.1) is 11.3 Å². The first-order chi connectivity index (χ1) is 10.7. The van der Waals surface area contributed by atoms with Gasteiger partial charge in [-0.2, -0.15) is 0 Å². The number of aliphatic hydroxyl groups is 1. The molecule has 0 saturated heterocycles. The largest absolute Gasteiger partial charge is 0.392 e. The van der Waals surface area contributed by atoms with Gasteiger partial charge >= 0.3 is 6.03 Å². The number of nitrogens with one attached hydrogen (secondary N) is 2. The summed E-state index contributed by atoms with van der Waals surface area (Å²) in [6, 6.07) is 11.7. The fourth-order valence-electron chi connectivity index (χ4n) is 2.20. The van der Waals surface area contributed by atoms with Crippen LogP contribution in [0.3, 0.4) is 0 Å². The van der Waals surface area contributed by atoms with E-state index in [9.17, 15) is 4.79 Å². The topological polar surface area (TPSA) is 61.4 Å². The Hall–Kier alpha value is -1.85. The lowest BCUT2D eigenvalue weighted by molar-refractivity contribution is 0.237. The molecule has 0 aliphatic heterocycles. The molecule has 2 aromatic rings. The van der Waals surface area contributed by atoms with Crippen LogP contribution in [0.1, 0.15) is 35.4 Å². The third-order valence-electron chi connectivity index (χ3n) is 3.50. The van der Waals surface area contributed by atoms with Crippen LogP contribution in [0.25, 0.3) is 0 Å².